The van der Waals surface area contributed by atoms with Gasteiger partial charge in [-0.15, -0.1) is 0 Å². The topological polar surface area (TPSA) is 97.7 Å². The van der Waals surface area contributed by atoms with Crippen molar-refractivity contribution in [1.82, 2.24) is 9.21 Å². The summed E-state index contributed by atoms with van der Waals surface area (Å²) in [6.45, 7) is 2.57. The second-order valence-electron chi connectivity index (χ2n) is 9.22. The van der Waals surface area contributed by atoms with Crippen molar-refractivity contribution in [2.24, 2.45) is 0 Å². The van der Waals surface area contributed by atoms with Gasteiger partial charge in [-0.25, -0.2) is 12.8 Å². The summed E-state index contributed by atoms with van der Waals surface area (Å²) in [4.78, 5) is 28.8. The molecule has 1 atom stereocenters. The van der Waals surface area contributed by atoms with E-state index in [2.05, 4.69) is 0 Å². The molecule has 192 valence electrons. The fourth-order valence-corrected chi connectivity index (χ4v) is 6.52. The van der Waals surface area contributed by atoms with E-state index in [0.29, 0.717) is 57.2 Å². The molecule has 0 bridgehead atoms. The number of carbonyl (C=O) groups excluding carboxylic acids is 2. The van der Waals surface area contributed by atoms with Crippen molar-refractivity contribution in [2.75, 3.05) is 45.9 Å². The smallest absolute Gasteiger partial charge is 0.287 e. The van der Waals surface area contributed by atoms with Crippen molar-refractivity contribution in [2.45, 2.75) is 30.2 Å². The Labute approximate surface area is 209 Å². The lowest BCUT2D eigenvalue weighted by atomic mass is 10.1. The highest BCUT2D eigenvalue weighted by Gasteiger charge is 2.41. The zero-order valence-electron chi connectivity index (χ0n) is 19.8. The van der Waals surface area contributed by atoms with E-state index < -0.39 is 27.8 Å². The van der Waals surface area contributed by atoms with Crippen molar-refractivity contribution < 1.29 is 36.8 Å². The van der Waals surface area contributed by atoms with Crippen LogP contribution in [0.2, 0.25) is 0 Å². The molecule has 2 aromatic carbocycles. The lowest BCUT2D eigenvalue weighted by Crippen LogP contribution is -3.19. The summed E-state index contributed by atoms with van der Waals surface area (Å²) in [7, 11) is -3.73. The fraction of sp³-hybridized carbons (Fsp3) is 0.440. The van der Waals surface area contributed by atoms with Gasteiger partial charge in [0.15, 0.2) is 17.5 Å². The van der Waals surface area contributed by atoms with Gasteiger partial charge in [-0.1, -0.05) is 0 Å². The third-order valence-electron chi connectivity index (χ3n) is 7.03. The maximum absolute atomic E-state index is 13.4. The van der Waals surface area contributed by atoms with Gasteiger partial charge in [-0.05, 0) is 49.2 Å². The largest absolute Gasteiger partial charge is 0.486 e. The van der Waals surface area contributed by atoms with Gasteiger partial charge in [0.2, 0.25) is 10.0 Å². The summed E-state index contributed by atoms with van der Waals surface area (Å²) in [6.07, 6.45) is 2.13. The molecule has 9 nitrogen and oxygen atoms in total. The Hall–Kier alpha value is -3.02. The number of hydrogen-bond acceptors (Lipinski definition) is 6. The number of imide groups is 1. The first kappa shape index (κ1) is 24.7. The Morgan fingerprint density at radius 1 is 0.944 bits per heavy atom. The number of sulfonamides is 1. The summed E-state index contributed by atoms with van der Waals surface area (Å²) in [5, 5.41) is 0. The standard InChI is InChI=1S/C25H28FN3O6S/c26-19-6-4-18(5-7-19)24(30)29-10-2-1-3-21(25(29)31)27-11-13-28(14-12-27)36(32,33)20-8-9-22-23(17-20)35-16-15-34-22/h4-9,17,21H,1-3,10-16H2/p+1/t21-/m0/s1. The van der Waals surface area contributed by atoms with Crippen LogP contribution in [0.3, 0.4) is 0 Å². The molecule has 11 heteroatoms. The zero-order chi connectivity index (χ0) is 25.3. The number of quaternary nitrogens is 1. The number of amides is 2. The molecule has 3 heterocycles. The molecule has 0 radical (unpaired) electrons. The number of ether oxygens (including phenoxy) is 2. The summed E-state index contributed by atoms with van der Waals surface area (Å²) in [5.74, 6) is -0.172. The molecule has 2 fully saturated rings. The van der Waals surface area contributed by atoms with Gasteiger partial charge in [0.05, 0.1) is 31.1 Å². The van der Waals surface area contributed by atoms with E-state index in [-0.39, 0.29) is 29.5 Å². The Balaban J connectivity index is 1.26. The SMILES string of the molecule is O=C(c1ccc(F)cc1)N1CCCC[C@H]([NH+]2CCN(S(=O)(=O)c3ccc4c(c3)OCCO4)CC2)C1=O. The van der Waals surface area contributed by atoms with E-state index in [1.54, 1.807) is 6.07 Å². The number of piperazine rings is 1. The van der Waals surface area contributed by atoms with E-state index in [4.69, 9.17) is 9.47 Å². The Morgan fingerprint density at radius 2 is 1.64 bits per heavy atom. The average Bonchev–Trinajstić information content (AvgIpc) is 3.10. The van der Waals surface area contributed by atoms with E-state index in [1.165, 1.54) is 45.6 Å². The Morgan fingerprint density at radius 3 is 2.36 bits per heavy atom. The van der Waals surface area contributed by atoms with Crippen LogP contribution in [0, 0.1) is 5.82 Å². The summed E-state index contributed by atoms with van der Waals surface area (Å²) < 4.78 is 52.3. The lowest BCUT2D eigenvalue weighted by molar-refractivity contribution is -0.920. The molecule has 36 heavy (non-hydrogen) atoms. The second kappa shape index (κ2) is 10.2. The molecule has 0 saturated carbocycles. The van der Waals surface area contributed by atoms with Crippen LogP contribution in [-0.2, 0) is 14.8 Å². The maximum atomic E-state index is 13.4. The van der Waals surface area contributed by atoms with E-state index in [9.17, 15) is 22.4 Å². The Kier molecular flexibility index (Phi) is 6.96. The normalized spacial score (nSPS) is 21.8. The number of nitrogens with zero attached hydrogens (tertiary/aromatic N) is 2. The van der Waals surface area contributed by atoms with Gasteiger partial charge >= 0.3 is 0 Å². The predicted octanol–water partition coefficient (Wildman–Crippen LogP) is 0.708. The Bertz CT molecular complexity index is 1240. The number of carbonyl (C=O) groups is 2. The minimum absolute atomic E-state index is 0.150. The summed E-state index contributed by atoms with van der Waals surface area (Å²) in [5.41, 5.74) is 0.274. The maximum Gasteiger partial charge on any atom is 0.287 e. The highest BCUT2D eigenvalue weighted by Crippen LogP contribution is 2.33. The van der Waals surface area contributed by atoms with Crippen LogP contribution in [0.25, 0.3) is 0 Å². The number of halogens is 1. The highest BCUT2D eigenvalue weighted by molar-refractivity contribution is 7.89. The predicted molar refractivity (Wildman–Crippen MR) is 127 cm³/mol. The first-order chi connectivity index (χ1) is 17.3. The molecule has 2 aromatic rings. The van der Waals surface area contributed by atoms with Crippen LogP contribution >= 0.6 is 0 Å². The minimum Gasteiger partial charge on any atom is -0.486 e. The number of likely N-dealkylation sites (tertiary alicyclic amines) is 1. The van der Waals surface area contributed by atoms with E-state index in [0.717, 1.165) is 11.3 Å². The molecule has 3 aliphatic rings. The molecule has 1 N–H and O–H groups in total. The van der Waals surface area contributed by atoms with Crippen LogP contribution in [0.4, 0.5) is 4.39 Å². The third-order valence-corrected chi connectivity index (χ3v) is 8.93. The van der Waals surface area contributed by atoms with Gasteiger partial charge in [0.25, 0.3) is 11.8 Å². The summed E-state index contributed by atoms with van der Waals surface area (Å²) in [6, 6.07) is 9.40. The fourth-order valence-electron chi connectivity index (χ4n) is 5.06. The van der Waals surface area contributed by atoms with Crippen molar-refractivity contribution >= 4 is 21.8 Å². The van der Waals surface area contributed by atoms with Gasteiger partial charge in [-0.2, -0.15) is 4.31 Å². The molecule has 2 saturated heterocycles. The van der Waals surface area contributed by atoms with Crippen LogP contribution in [0.5, 0.6) is 11.5 Å². The molecule has 0 aliphatic carbocycles. The molecular formula is C25H29FN3O6S+. The molecule has 0 unspecified atom stereocenters. The van der Waals surface area contributed by atoms with Gasteiger partial charge in [-0.3, -0.25) is 14.5 Å². The minimum atomic E-state index is -3.73. The highest BCUT2D eigenvalue weighted by atomic mass is 32.2. The van der Waals surface area contributed by atoms with Crippen LogP contribution in [-0.4, -0.2) is 81.4 Å². The zero-order valence-corrected chi connectivity index (χ0v) is 20.6. The second-order valence-corrected chi connectivity index (χ2v) is 11.2. The lowest BCUT2D eigenvalue weighted by Gasteiger charge is -2.36. The molecule has 2 amide bonds. The van der Waals surface area contributed by atoms with E-state index >= 15 is 0 Å². The van der Waals surface area contributed by atoms with E-state index in [1.807, 2.05) is 0 Å². The third kappa shape index (κ3) is 4.82. The van der Waals surface area contributed by atoms with Crippen LogP contribution < -0.4 is 14.4 Å². The first-order valence-electron chi connectivity index (χ1n) is 12.2. The monoisotopic (exact) mass is 518 g/mol. The molecular weight excluding hydrogens is 489 g/mol. The van der Waals surface area contributed by atoms with Crippen molar-refractivity contribution in [3.05, 3.63) is 53.8 Å². The number of nitrogens with one attached hydrogen (secondary N) is 1. The molecule has 0 spiro atoms. The van der Waals surface area contributed by atoms with Crippen LogP contribution in [0.1, 0.15) is 29.6 Å². The number of hydrogen-bond donors (Lipinski definition) is 1. The number of benzene rings is 2. The number of fused-ring (bicyclic) bond motifs is 1. The molecule has 3 aliphatic heterocycles. The molecule has 5 rings (SSSR count). The summed E-state index contributed by atoms with van der Waals surface area (Å²) >= 11 is 0. The average molecular weight is 519 g/mol. The number of rotatable bonds is 4. The first-order valence-corrected chi connectivity index (χ1v) is 13.6. The van der Waals surface area contributed by atoms with Gasteiger partial charge in [0.1, 0.15) is 19.0 Å². The van der Waals surface area contributed by atoms with Crippen LogP contribution in [0.15, 0.2) is 47.4 Å². The quantitative estimate of drug-likeness (QED) is 0.599. The van der Waals surface area contributed by atoms with Crippen molar-refractivity contribution in [3.63, 3.8) is 0 Å². The molecule has 0 aromatic heterocycles. The van der Waals surface area contributed by atoms with Crippen molar-refractivity contribution in [3.8, 4) is 11.5 Å². The van der Waals surface area contributed by atoms with Gasteiger partial charge in [0, 0.05) is 24.6 Å². The van der Waals surface area contributed by atoms with Crippen molar-refractivity contribution in [1.29, 1.82) is 0 Å². The van der Waals surface area contributed by atoms with Gasteiger partial charge < -0.3 is 14.4 Å².